The molecule has 0 fully saturated rings. The molecule has 0 saturated carbocycles. The molecule has 3 aliphatic heterocycles. The molecule has 0 radical (unpaired) electrons. The van der Waals surface area contributed by atoms with Crippen molar-refractivity contribution in [2.24, 2.45) is 0 Å². The van der Waals surface area contributed by atoms with Crippen molar-refractivity contribution in [2.75, 3.05) is 20.4 Å². The highest BCUT2D eigenvalue weighted by molar-refractivity contribution is 9.10. The lowest BCUT2D eigenvalue weighted by Crippen LogP contribution is -1.94. The van der Waals surface area contributed by atoms with Crippen LogP contribution in [0, 0.1) is 20.8 Å². The summed E-state index contributed by atoms with van der Waals surface area (Å²) in [5, 5.41) is 8.99. The molecule has 0 amide bonds. The molecular weight excluding hydrogens is 520 g/mol. The lowest BCUT2D eigenvalue weighted by Gasteiger charge is -2.03. The fourth-order valence-electron chi connectivity index (χ4n) is 3.72. The molecule has 0 spiro atoms. The van der Waals surface area contributed by atoms with Crippen LogP contribution in [0.25, 0.3) is 0 Å². The summed E-state index contributed by atoms with van der Waals surface area (Å²) in [6.07, 6.45) is 0.778. The highest BCUT2D eigenvalue weighted by Crippen LogP contribution is 2.40. The van der Waals surface area contributed by atoms with Crippen LogP contribution in [0.5, 0.6) is 34.5 Å². The number of halogens is 1. The Hall–Kier alpha value is -3.43. The van der Waals surface area contributed by atoms with Gasteiger partial charge >= 0.3 is 0 Å². The van der Waals surface area contributed by atoms with Crippen LogP contribution in [-0.4, -0.2) is 31.8 Å². The van der Waals surface area contributed by atoms with E-state index in [0.29, 0.717) is 29.6 Å². The average Bonchev–Trinajstić information content (AvgIpc) is 3.59. The van der Waals surface area contributed by atoms with E-state index in [1.807, 2.05) is 51.1 Å². The first-order valence-electron chi connectivity index (χ1n) is 10.8. The molecular formula is C26H25BrO8. The second-order valence-electron chi connectivity index (χ2n) is 8.00. The first kappa shape index (κ1) is 24.7. The minimum absolute atomic E-state index is 0.00657. The Bertz CT molecular complexity index is 1240. The number of aliphatic hydroxyl groups is 1. The van der Waals surface area contributed by atoms with Gasteiger partial charge in [0.2, 0.25) is 20.4 Å². The van der Waals surface area contributed by atoms with E-state index in [9.17, 15) is 4.79 Å². The lowest BCUT2D eigenvalue weighted by molar-refractivity contribution is 0.111. The predicted molar refractivity (Wildman–Crippen MR) is 131 cm³/mol. The Balaban J connectivity index is 0.000000124. The molecule has 0 unspecified atom stereocenters. The molecule has 0 saturated heterocycles. The molecule has 184 valence electrons. The number of hydrogen-bond acceptors (Lipinski definition) is 8. The summed E-state index contributed by atoms with van der Waals surface area (Å²) in [5.74, 6) is 4.29. The topological polar surface area (TPSA) is 92.7 Å². The highest BCUT2D eigenvalue weighted by atomic mass is 79.9. The van der Waals surface area contributed by atoms with Crippen molar-refractivity contribution in [3.05, 3.63) is 68.7 Å². The number of carbonyl (C=O) groups is 1. The van der Waals surface area contributed by atoms with Gasteiger partial charge in [-0.05, 0) is 89.8 Å². The average molecular weight is 545 g/mol. The van der Waals surface area contributed by atoms with Gasteiger partial charge in [-0.25, -0.2) is 0 Å². The lowest BCUT2D eigenvalue weighted by atomic mass is 10.1. The van der Waals surface area contributed by atoms with Crippen LogP contribution in [0.3, 0.4) is 0 Å². The van der Waals surface area contributed by atoms with Gasteiger partial charge in [0.15, 0.2) is 40.8 Å². The molecule has 3 aromatic rings. The van der Waals surface area contributed by atoms with E-state index in [-0.39, 0.29) is 20.2 Å². The monoisotopic (exact) mass is 544 g/mol. The van der Waals surface area contributed by atoms with E-state index in [2.05, 4.69) is 15.9 Å². The van der Waals surface area contributed by atoms with E-state index in [1.165, 1.54) is 5.56 Å². The summed E-state index contributed by atoms with van der Waals surface area (Å²) >= 11 is 3.39. The SMILES string of the molecule is Cc1cc(Br)c2c(c1)OCO2.Cc1cc(C=O)c2c(c1)OCO2.Cc1cc(CO)c2c(c1)OCO2. The Kier molecular flexibility index (Phi) is 7.67. The van der Waals surface area contributed by atoms with Crippen LogP contribution in [0.1, 0.15) is 32.6 Å². The summed E-state index contributed by atoms with van der Waals surface area (Å²) in [6, 6.07) is 11.4. The standard InChI is InChI=1S/C9H10O3.C9H8O3.C8H7BrO2/c2*1-6-2-7(4-10)9-8(3-6)11-5-12-9;1-5-2-6(9)8-7(3-5)10-4-11-8/h2-3,10H,4-5H2,1H3;2-4H,5H2,1H3;2-3H,4H2,1H3. The van der Waals surface area contributed by atoms with E-state index < -0.39 is 0 Å². The van der Waals surface area contributed by atoms with Crippen LogP contribution in [0.15, 0.2) is 40.9 Å². The summed E-state index contributed by atoms with van der Waals surface area (Å²) < 4.78 is 32.0. The van der Waals surface area contributed by atoms with Gasteiger partial charge in [0, 0.05) is 5.56 Å². The fourth-order valence-corrected chi connectivity index (χ4v) is 4.39. The third-order valence-electron chi connectivity index (χ3n) is 5.21. The number of fused-ring (bicyclic) bond motifs is 3. The normalized spacial score (nSPS) is 13.4. The number of aldehydes is 1. The van der Waals surface area contributed by atoms with Crippen LogP contribution in [-0.2, 0) is 6.61 Å². The van der Waals surface area contributed by atoms with Gasteiger partial charge in [-0.15, -0.1) is 0 Å². The maximum absolute atomic E-state index is 10.6. The van der Waals surface area contributed by atoms with Gasteiger partial charge in [-0.3, -0.25) is 4.79 Å². The largest absolute Gasteiger partial charge is 0.454 e. The minimum atomic E-state index is -0.00657. The van der Waals surface area contributed by atoms with Gasteiger partial charge in [0.1, 0.15) is 0 Å². The summed E-state index contributed by atoms with van der Waals surface area (Å²) in [4.78, 5) is 10.6. The number of benzene rings is 3. The van der Waals surface area contributed by atoms with Gasteiger partial charge < -0.3 is 33.5 Å². The zero-order valence-electron chi connectivity index (χ0n) is 19.6. The molecule has 9 heteroatoms. The van der Waals surface area contributed by atoms with E-state index in [4.69, 9.17) is 33.5 Å². The van der Waals surface area contributed by atoms with Gasteiger partial charge in [-0.2, -0.15) is 0 Å². The molecule has 0 bridgehead atoms. The minimum Gasteiger partial charge on any atom is -0.454 e. The number of aliphatic hydroxyl groups excluding tert-OH is 1. The molecule has 3 aliphatic rings. The maximum Gasteiger partial charge on any atom is 0.231 e. The van der Waals surface area contributed by atoms with Crippen molar-refractivity contribution in [1.82, 2.24) is 0 Å². The summed E-state index contributed by atoms with van der Waals surface area (Å²) in [6.45, 7) is 6.68. The molecule has 3 heterocycles. The van der Waals surface area contributed by atoms with Crippen LogP contribution < -0.4 is 28.4 Å². The van der Waals surface area contributed by atoms with E-state index >= 15 is 0 Å². The molecule has 0 aromatic heterocycles. The first-order chi connectivity index (χ1) is 16.9. The highest BCUT2D eigenvalue weighted by Gasteiger charge is 2.19. The van der Waals surface area contributed by atoms with Crippen molar-refractivity contribution in [2.45, 2.75) is 27.4 Å². The Morgan fingerprint density at radius 2 is 1.20 bits per heavy atom. The molecule has 1 N–H and O–H groups in total. The van der Waals surface area contributed by atoms with Gasteiger partial charge in [0.25, 0.3) is 0 Å². The van der Waals surface area contributed by atoms with Crippen molar-refractivity contribution < 1.29 is 38.3 Å². The molecule has 6 rings (SSSR count). The zero-order valence-corrected chi connectivity index (χ0v) is 21.1. The third kappa shape index (κ3) is 5.63. The van der Waals surface area contributed by atoms with Gasteiger partial charge in [0.05, 0.1) is 16.6 Å². The fraction of sp³-hybridized carbons (Fsp3) is 0.269. The number of ether oxygens (including phenoxy) is 6. The van der Waals surface area contributed by atoms with E-state index in [1.54, 1.807) is 6.07 Å². The van der Waals surface area contributed by atoms with Crippen molar-refractivity contribution >= 4 is 22.2 Å². The molecule has 0 aliphatic carbocycles. The second-order valence-corrected chi connectivity index (χ2v) is 8.86. The third-order valence-corrected chi connectivity index (χ3v) is 5.80. The first-order valence-corrected chi connectivity index (χ1v) is 11.6. The van der Waals surface area contributed by atoms with Crippen molar-refractivity contribution in [3.8, 4) is 34.5 Å². The van der Waals surface area contributed by atoms with Crippen molar-refractivity contribution in [3.63, 3.8) is 0 Å². The zero-order chi connectivity index (χ0) is 24.9. The number of rotatable bonds is 2. The maximum atomic E-state index is 10.6. The Labute approximate surface area is 211 Å². The Morgan fingerprint density at radius 3 is 1.80 bits per heavy atom. The molecule has 3 aromatic carbocycles. The molecule has 35 heavy (non-hydrogen) atoms. The second kappa shape index (κ2) is 10.9. The number of carbonyl (C=O) groups excluding carboxylic acids is 1. The summed E-state index contributed by atoms with van der Waals surface area (Å²) in [5.41, 5.74) is 4.59. The molecule has 0 atom stereocenters. The van der Waals surface area contributed by atoms with Gasteiger partial charge in [-0.1, -0.05) is 0 Å². The Morgan fingerprint density at radius 1 is 0.714 bits per heavy atom. The van der Waals surface area contributed by atoms with E-state index in [0.717, 1.165) is 44.7 Å². The number of hydrogen-bond donors (Lipinski definition) is 1. The smallest absolute Gasteiger partial charge is 0.231 e. The quantitative estimate of drug-likeness (QED) is 0.438. The van der Waals surface area contributed by atoms with Crippen LogP contribution in [0.2, 0.25) is 0 Å². The van der Waals surface area contributed by atoms with Crippen molar-refractivity contribution in [1.29, 1.82) is 0 Å². The molecule has 8 nitrogen and oxygen atoms in total. The van der Waals surface area contributed by atoms with Crippen LogP contribution >= 0.6 is 15.9 Å². The summed E-state index contributed by atoms with van der Waals surface area (Å²) in [7, 11) is 0. The van der Waals surface area contributed by atoms with Crippen LogP contribution in [0.4, 0.5) is 0 Å². The predicted octanol–water partition coefficient (Wildman–Crippen LogP) is 5.24. The number of aryl methyl sites for hydroxylation is 3.